The summed E-state index contributed by atoms with van der Waals surface area (Å²) in [5, 5.41) is 9.73. The number of ether oxygens (including phenoxy) is 1. The zero-order valence-electron chi connectivity index (χ0n) is 8.06. The Morgan fingerprint density at radius 2 is 2.53 bits per heavy atom. The maximum absolute atomic E-state index is 11.6. The van der Waals surface area contributed by atoms with E-state index >= 15 is 0 Å². The highest BCUT2D eigenvalue weighted by Crippen LogP contribution is 2.12. The van der Waals surface area contributed by atoms with Crippen LogP contribution in [-0.4, -0.2) is 31.7 Å². The first-order valence-corrected chi connectivity index (χ1v) is 5.46. The van der Waals surface area contributed by atoms with Crippen LogP contribution in [0.3, 0.4) is 0 Å². The predicted molar refractivity (Wildman–Crippen MR) is 62.8 cm³/mol. The van der Waals surface area contributed by atoms with Gasteiger partial charge in [-0.1, -0.05) is 0 Å². The zero-order valence-corrected chi connectivity index (χ0v) is 9.70. The van der Waals surface area contributed by atoms with Crippen LogP contribution >= 0.6 is 23.7 Å². The molecule has 2 rings (SSSR count). The third kappa shape index (κ3) is 3.46. The summed E-state index contributed by atoms with van der Waals surface area (Å²) in [6.45, 7) is 2.01. The minimum absolute atomic E-state index is 0. The fraction of sp³-hybridized carbons (Fsp3) is 0.444. The number of nitrogens with one attached hydrogen (secondary N) is 2. The Balaban J connectivity index is 0.00000112. The second-order valence-electron chi connectivity index (χ2n) is 3.06. The van der Waals surface area contributed by atoms with Crippen LogP contribution in [0, 0.1) is 0 Å². The average Bonchev–Trinajstić information content (AvgIpc) is 2.72. The summed E-state index contributed by atoms with van der Waals surface area (Å²) in [4.78, 5) is 11.6. The van der Waals surface area contributed by atoms with Gasteiger partial charge in [0.2, 0.25) is 0 Å². The normalized spacial score (nSPS) is 20.4. The number of anilines is 1. The van der Waals surface area contributed by atoms with Crippen molar-refractivity contribution >= 4 is 35.3 Å². The van der Waals surface area contributed by atoms with E-state index in [1.807, 2.05) is 16.8 Å². The molecule has 1 aromatic rings. The van der Waals surface area contributed by atoms with Gasteiger partial charge >= 0.3 is 0 Å². The van der Waals surface area contributed by atoms with E-state index in [0.29, 0.717) is 13.2 Å². The molecule has 1 aliphatic heterocycles. The minimum Gasteiger partial charge on any atom is -0.366 e. The Kier molecular flexibility index (Phi) is 5.04. The fourth-order valence-corrected chi connectivity index (χ4v) is 1.88. The standard InChI is InChI=1S/C9H12N2O2S.ClH/c12-9(8-5-10-2-3-13-8)11-7-1-4-14-6-7;/h1,4,6,8,10H,2-3,5H2,(H,11,12);1H/t8-;/m0./s1. The summed E-state index contributed by atoms with van der Waals surface area (Å²) >= 11 is 1.56. The molecule has 4 nitrogen and oxygen atoms in total. The van der Waals surface area contributed by atoms with E-state index in [1.54, 1.807) is 11.3 Å². The van der Waals surface area contributed by atoms with Gasteiger partial charge in [-0.2, -0.15) is 11.3 Å². The van der Waals surface area contributed by atoms with Crippen LogP contribution in [0.25, 0.3) is 0 Å². The molecule has 1 atom stereocenters. The molecule has 0 aliphatic carbocycles. The lowest BCUT2D eigenvalue weighted by Crippen LogP contribution is -2.45. The molecule has 84 valence electrons. The van der Waals surface area contributed by atoms with Crippen LogP contribution in [-0.2, 0) is 9.53 Å². The van der Waals surface area contributed by atoms with Crippen molar-refractivity contribution in [1.82, 2.24) is 5.32 Å². The van der Waals surface area contributed by atoms with Crippen molar-refractivity contribution in [2.75, 3.05) is 25.0 Å². The summed E-state index contributed by atoms with van der Waals surface area (Å²) < 4.78 is 5.32. The van der Waals surface area contributed by atoms with Gasteiger partial charge in [-0.15, -0.1) is 12.4 Å². The van der Waals surface area contributed by atoms with E-state index < -0.39 is 0 Å². The number of morpholine rings is 1. The van der Waals surface area contributed by atoms with Crippen molar-refractivity contribution in [1.29, 1.82) is 0 Å². The molecular weight excluding hydrogens is 236 g/mol. The fourth-order valence-electron chi connectivity index (χ4n) is 1.29. The van der Waals surface area contributed by atoms with Crippen LogP contribution in [0.5, 0.6) is 0 Å². The molecule has 15 heavy (non-hydrogen) atoms. The summed E-state index contributed by atoms with van der Waals surface area (Å²) in [6.07, 6.45) is -0.358. The van der Waals surface area contributed by atoms with Gasteiger partial charge in [0.15, 0.2) is 0 Å². The third-order valence-corrected chi connectivity index (χ3v) is 2.69. The molecule has 0 unspecified atom stereocenters. The monoisotopic (exact) mass is 248 g/mol. The van der Waals surface area contributed by atoms with Gasteiger partial charge in [-0.25, -0.2) is 0 Å². The summed E-state index contributed by atoms with van der Waals surface area (Å²) in [6, 6.07) is 1.87. The van der Waals surface area contributed by atoms with Crippen LogP contribution in [0.2, 0.25) is 0 Å². The van der Waals surface area contributed by atoms with E-state index in [-0.39, 0.29) is 24.4 Å². The quantitative estimate of drug-likeness (QED) is 0.824. The molecule has 1 aromatic heterocycles. The summed E-state index contributed by atoms with van der Waals surface area (Å²) in [5.41, 5.74) is 0.842. The van der Waals surface area contributed by atoms with Crippen molar-refractivity contribution in [2.45, 2.75) is 6.10 Å². The molecule has 0 spiro atoms. The van der Waals surface area contributed by atoms with Gasteiger partial charge in [0.05, 0.1) is 12.3 Å². The van der Waals surface area contributed by atoms with E-state index in [9.17, 15) is 4.79 Å². The lowest BCUT2D eigenvalue weighted by molar-refractivity contribution is -0.128. The Hall–Kier alpha value is -0.620. The lowest BCUT2D eigenvalue weighted by atomic mass is 10.3. The highest BCUT2D eigenvalue weighted by atomic mass is 35.5. The second kappa shape index (κ2) is 6.07. The van der Waals surface area contributed by atoms with Gasteiger partial charge in [-0.3, -0.25) is 4.79 Å². The Bertz CT molecular complexity index is 299. The lowest BCUT2D eigenvalue weighted by Gasteiger charge is -2.22. The third-order valence-electron chi connectivity index (χ3n) is 2.01. The largest absolute Gasteiger partial charge is 0.366 e. The number of carbonyl (C=O) groups excluding carboxylic acids is 1. The highest BCUT2D eigenvalue weighted by Gasteiger charge is 2.21. The second-order valence-corrected chi connectivity index (χ2v) is 3.84. The number of carbonyl (C=O) groups is 1. The average molecular weight is 249 g/mol. The first kappa shape index (κ1) is 12.4. The van der Waals surface area contributed by atoms with Gasteiger partial charge in [0.25, 0.3) is 5.91 Å². The summed E-state index contributed by atoms with van der Waals surface area (Å²) in [7, 11) is 0. The number of hydrogen-bond donors (Lipinski definition) is 2. The number of rotatable bonds is 2. The van der Waals surface area contributed by atoms with Crippen LogP contribution < -0.4 is 10.6 Å². The van der Waals surface area contributed by atoms with Crippen LogP contribution in [0.4, 0.5) is 5.69 Å². The molecule has 1 aliphatic rings. The van der Waals surface area contributed by atoms with Crippen molar-refractivity contribution in [3.63, 3.8) is 0 Å². The van der Waals surface area contributed by atoms with E-state index in [0.717, 1.165) is 12.2 Å². The molecule has 1 saturated heterocycles. The predicted octanol–water partition coefficient (Wildman–Crippen LogP) is 1.10. The molecule has 0 bridgehead atoms. The molecule has 2 heterocycles. The Labute approximate surface area is 98.4 Å². The molecule has 0 aromatic carbocycles. The van der Waals surface area contributed by atoms with Crippen LogP contribution in [0.15, 0.2) is 16.8 Å². The summed E-state index contributed by atoms with van der Waals surface area (Å²) in [5.74, 6) is -0.0735. The Morgan fingerprint density at radius 3 is 3.13 bits per heavy atom. The van der Waals surface area contributed by atoms with Crippen molar-refractivity contribution in [3.05, 3.63) is 16.8 Å². The van der Waals surface area contributed by atoms with Crippen LogP contribution in [0.1, 0.15) is 0 Å². The van der Waals surface area contributed by atoms with Gasteiger partial charge < -0.3 is 15.4 Å². The van der Waals surface area contributed by atoms with E-state index in [2.05, 4.69) is 10.6 Å². The molecule has 0 saturated carbocycles. The number of amides is 1. The van der Waals surface area contributed by atoms with Gasteiger partial charge in [0.1, 0.15) is 6.10 Å². The first-order chi connectivity index (χ1) is 6.86. The first-order valence-electron chi connectivity index (χ1n) is 4.51. The van der Waals surface area contributed by atoms with Crippen molar-refractivity contribution < 1.29 is 9.53 Å². The minimum atomic E-state index is -0.358. The molecule has 1 fully saturated rings. The zero-order chi connectivity index (χ0) is 9.80. The van der Waals surface area contributed by atoms with E-state index in [1.165, 1.54) is 0 Å². The molecule has 6 heteroatoms. The SMILES string of the molecule is Cl.O=C(Nc1ccsc1)[C@@H]1CNCCO1. The molecule has 1 amide bonds. The molecular formula is C9H13ClN2O2S. The number of halogens is 1. The topological polar surface area (TPSA) is 50.4 Å². The smallest absolute Gasteiger partial charge is 0.254 e. The van der Waals surface area contributed by atoms with E-state index in [4.69, 9.17) is 4.74 Å². The highest BCUT2D eigenvalue weighted by molar-refractivity contribution is 7.08. The number of thiophene rings is 1. The van der Waals surface area contributed by atoms with Gasteiger partial charge in [-0.05, 0) is 11.4 Å². The molecule has 2 N–H and O–H groups in total. The maximum Gasteiger partial charge on any atom is 0.254 e. The van der Waals surface area contributed by atoms with Crippen molar-refractivity contribution in [2.24, 2.45) is 0 Å². The van der Waals surface area contributed by atoms with Crippen molar-refractivity contribution in [3.8, 4) is 0 Å². The molecule has 0 radical (unpaired) electrons. The van der Waals surface area contributed by atoms with Gasteiger partial charge in [0, 0.05) is 18.5 Å². The Morgan fingerprint density at radius 1 is 1.67 bits per heavy atom. The number of hydrogen-bond acceptors (Lipinski definition) is 4. The maximum atomic E-state index is 11.6.